The van der Waals surface area contributed by atoms with Crippen molar-refractivity contribution in [3.05, 3.63) is 87.9 Å². The van der Waals surface area contributed by atoms with Crippen LogP contribution in [0.3, 0.4) is 0 Å². The van der Waals surface area contributed by atoms with Crippen molar-refractivity contribution in [2.45, 2.75) is 45.4 Å². The average Bonchev–Trinajstić information content (AvgIpc) is 2.85. The monoisotopic (exact) mass is 513 g/mol. The van der Waals surface area contributed by atoms with Crippen LogP contribution in [0.2, 0.25) is 10.0 Å². The van der Waals surface area contributed by atoms with Crippen molar-refractivity contribution in [1.29, 1.82) is 0 Å². The highest BCUT2D eigenvalue weighted by molar-refractivity contribution is 6.35. The van der Waals surface area contributed by atoms with E-state index in [1.807, 2.05) is 12.1 Å². The first kappa shape index (κ1) is 26.6. The number of benzene rings is 3. The lowest BCUT2D eigenvalue weighted by atomic mass is 9.82. The summed E-state index contributed by atoms with van der Waals surface area (Å²) < 4.78 is 11.1. The van der Waals surface area contributed by atoms with E-state index in [1.165, 1.54) is 5.56 Å². The number of amides is 1. The molecule has 5 nitrogen and oxygen atoms in total. The van der Waals surface area contributed by atoms with Crippen LogP contribution in [0, 0.1) is 0 Å². The van der Waals surface area contributed by atoms with E-state index in [9.17, 15) is 9.59 Å². The standard InChI is InChI=1S/C28H29Cl2NO4/c1-4-28(2,3)20-9-14-22(15-10-20)34-17-5-6-26(32)35-23-12-7-19(8-13-23)27(33)31-25-18-21(29)11-16-24(25)30/h7-16,18H,4-6,17H2,1-3H3,(H,31,33). The smallest absolute Gasteiger partial charge is 0.311 e. The Morgan fingerprint density at radius 1 is 0.914 bits per heavy atom. The molecule has 0 heterocycles. The molecule has 1 N–H and O–H groups in total. The maximum Gasteiger partial charge on any atom is 0.311 e. The van der Waals surface area contributed by atoms with Gasteiger partial charge in [0.05, 0.1) is 17.3 Å². The van der Waals surface area contributed by atoms with Crippen molar-refractivity contribution in [1.82, 2.24) is 0 Å². The first-order chi connectivity index (χ1) is 16.7. The summed E-state index contributed by atoms with van der Waals surface area (Å²) in [5.74, 6) is 0.427. The molecule has 0 atom stereocenters. The number of hydrogen-bond donors (Lipinski definition) is 1. The number of carbonyl (C=O) groups excluding carboxylic acids is 2. The zero-order valence-corrected chi connectivity index (χ0v) is 21.6. The normalized spacial score (nSPS) is 11.1. The third kappa shape index (κ3) is 7.74. The molecule has 0 aliphatic rings. The molecule has 35 heavy (non-hydrogen) atoms. The minimum absolute atomic E-state index is 0.133. The molecule has 0 saturated carbocycles. The number of rotatable bonds is 10. The summed E-state index contributed by atoms with van der Waals surface area (Å²) in [4.78, 5) is 24.6. The van der Waals surface area contributed by atoms with Crippen molar-refractivity contribution in [2.75, 3.05) is 11.9 Å². The van der Waals surface area contributed by atoms with Gasteiger partial charge in [-0.2, -0.15) is 0 Å². The van der Waals surface area contributed by atoms with E-state index in [2.05, 4.69) is 38.2 Å². The zero-order valence-electron chi connectivity index (χ0n) is 20.1. The molecule has 3 aromatic carbocycles. The number of esters is 1. The number of nitrogens with one attached hydrogen (secondary N) is 1. The quantitative estimate of drug-likeness (QED) is 0.171. The van der Waals surface area contributed by atoms with Crippen molar-refractivity contribution in [2.24, 2.45) is 0 Å². The molecule has 0 saturated heterocycles. The molecule has 1 amide bonds. The molecule has 0 aliphatic heterocycles. The molecule has 3 aromatic rings. The summed E-state index contributed by atoms with van der Waals surface area (Å²) in [6, 6.07) is 19.2. The van der Waals surface area contributed by atoms with Crippen LogP contribution in [0.1, 0.15) is 56.0 Å². The second-order valence-corrected chi connectivity index (χ2v) is 9.63. The van der Waals surface area contributed by atoms with Crippen molar-refractivity contribution in [3.8, 4) is 11.5 Å². The maximum atomic E-state index is 12.5. The third-order valence-corrected chi connectivity index (χ3v) is 6.40. The SMILES string of the molecule is CCC(C)(C)c1ccc(OCCCC(=O)Oc2ccc(C(=O)Nc3cc(Cl)ccc3Cl)cc2)cc1. The molecule has 7 heteroatoms. The number of halogens is 2. The minimum Gasteiger partial charge on any atom is -0.494 e. The van der Waals surface area contributed by atoms with Crippen LogP contribution in [-0.2, 0) is 10.2 Å². The van der Waals surface area contributed by atoms with Crippen molar-refractivity contribution >= 4 is 40.8 Å². The van der Waals surface area contributed by atoms with Gasteiger partial charge < -0.3 is 14.8 Å². The fourth-order valence-corrected chi connectivity index (χ4v) is 3.59. The topological polar surface area (TPSA) is 64.6 Å². The summed E-state index contributed by atoms with van der Waals surface area (Å²) in [6.07, 6.45) is 1.81. The molecule has 184 valence electrons. The first-order valence-corrected chi connectivity index (χ1v) is 12.2. The van der Waals surface area contributed by atoms with Crippen LogP contribution in [0.25, 0.3) is 0 Å². The lowest BCUT2D eigenvalue weighted by Gasteiger charge is -2.23. The molecule has 0 spiro atoms. The third-order valence-electron chi connectivity index (χ3n) is 5.84. The second kappa shape index (κ2) is 12.1. The highest BCUT2D eigenvalue weighted by Gasteiger charge is 2.17. The summed E-state index contributed by atoms with van der Waals surface area (Å²) in [5.41, 5.74) is 2.21. The van der Waals surface area contributed by atoms with Crippen LogP contribution in [0.4, 0.5) is 5.69 Å². The molecular weight excluding hydrogens is 485 g/mol. The van der Waals surface area contributed by atoms with Gasteiger partial charge in [-0.05, 0) is 78.4 Å². The molecular formula is C28H29Cl2NO4. The zero-order chi connectivity index (χ0) is 25.4. The predicted molar refractivity (Wildman–Crippen MR) is 141 cm³/mol. The number of anilines is 1. The Labute approximate surface area is 216 Å². The van der Waals surface area contributed by atoms with Gasteiger partial charge >= 0.3 is 5.97 Å². The van der Waals surface area contributed by atoms with E-state index in [0.717, 1.165) is 12.2 Å². The Morgan fingerprint density at radius 3 is 2.23 bits per heavy atom. The van der Waals surface area contributed by atoms with Crippen LogP contribution >= 0.6 is 23.2 Å². The highest BCUT2D eigenvalue weighted by atomic mass is 35.5. The lowest BCUT2D eigenvalue weighted by molar-refractivity contribution is -0.134. The van der Waals surface area contributed by atoms with E-state index in [1.54, 1.807) is 42.5 Å². The van der Waals surface area contributed by atoms with Crippen molar-refractivity contribution < 1.29 is 19.1 Å². The van der Waals surface area contributed by atoms with Crippen LogP contribution in [-0.4, -0.2) is 18.5 Å². The number of carbonyl (C=O) groups is 2. The van der Waals surface area contributed by atoms with Gasteiger partial charge in [0.25, 0.3) is 5.91 Å². The van der Waals surface area contributed by atoms with E-state index in [0.29, 0.717) is 40.1 Å². The summed E-state index contributed by atoms with van der Waals surface area (Å²) in [5, 5.41) is 3.56. The number of hydrogen-bond acceptors (Lipinski definition) is 4. The molecule has 0 unspecified atom stereocenters. The van der Waals surface area contributed by atoms with Gasteiger partial charge in [-0.15, -0.1) is 0 Å². The van der Waals surface area contributed by atoms with Gasteiger partial charge in [0, 0.05) is 17.0 Å². The Bertz CT molecular complexity index is 1160. The largest absolute Gasteiger partial charge is 0.494 e. The molecule has 0 aromatic heterocycles. The maximum absolute atomic E-state index is 12.5. The Kier molecular flexibility index (Phi) is 9.19. The van der Waals surface area contributed by atoms with Gasteiger partial charge in [-0.25, -0.2) is 0 Å². The van der Waals surface area contributed by atoms with E-state index >= 15 is 0 Å². The molecule has 0 fully saturated rings. The predicted octanol–water partition coefficient (Wildman–Crippen LogP) is 7.70. The van der Waals surface area contributed by atoms with E-state index in [-0.39, 0.29) is 23.7 Å². The van der Waals surface area contributed by atoms with Gasteiger partial charge in [0.1, 0.15) is 11.5 Å². The molecule has 3 rings (SSSR count). The van der Waals surface area contributed by atoms with Gasteiger partial charge in [-0.3, -0.25) is 9.59 Å². The molecule has 0 aliphatic carbocycles. The highest BCUT2D eigenvalue weighted by Crippen LogP contribution is 2.28. The summed E-state index contributed by atoms with van der Waals surface area (Å²) in [6.45, 7) is 7.02. The van der Waals surface area contributed by atoms with Gasteiger partial charge in [0.2, 0.25) is 0 Å². The van der Waals surface area contributed by atoms with Gasteiger partial charge in [-0.1, -0.05) is 56.1 Å². The lowest BCUT2D eigenvalue weighted by Crippen LogP contribution is -2.15. The fourth-order valence-electron chi connectivity index (χ4n) is 3.26. The minimum atomic E-state index is -0.364. The van der Waals surface area contributed by atoms with Gasteiger partial charge in [0.15, 0.2) is 0 Å². The first-order valence-electron chi connectivity index (χ1n) is 11.5. The van der Waals surface area contributed by atoms with E-state index < -0.39 is 0 Å². The Balaban J connectivity index is 1.42. The van der Waals surface area contributed by atoms with Crippen LogP contribution < -0.4 is 14.8 Å². The van der Waals surface area contributed by atoms with E-state index in [4.69, 9.17) is 32.7 Å². The Morgan fingerprint density at radius 2 is 1.57 bits per heavy atom. The van der Waals surface area contributed by atoms with Crippen LogP contribution in [0.5, 0.6) is 11.5 Å². The Hall–Kier alpha value is -3.02. The van der Waals surface area contributed by atoms with Crippen molar-refractivity contribution in [3.63, 3.8) is 0 Å². The molecule has 0 radical (unpaired) electrons. The second-order valence-electron chi connectivity index (χ2n) is 8.79. The summed E-state index contributed by atoms with van der Waals surface area (Å²) >= 11 is 12.0. The molecule has 0 bridgehead atoms. The average molecular weight is 514 g/mol. The number of ether oxygens (including phenoxy) is 2. The fraction of sp³-hybridized carbons (Fsp3) is 0.286. The summed E-state index contributed by atoms with van der Waals surface area (Å²) in [7, 11) is 0. The van der Waals surface area contributed by atoms with Crippen LogP contribution in [0.15, 0.2) is 66.7 Å².